The molecule has 0 saturated carbocycles. The molecule has 0 atom stereocenters. The molecule has 0 saturated heterocycles. The molecule has 0 spiro atoms. The first kappa shape index (κ1) is 14.6. The van der Waals surface area contributed by atoms with E-state index in [0.717, 1.165) is 31.2 Å². The lowest BCUT2D eigenvalue weighted by molar-refractivity contribution is 0.469. The summed E-state index contributed by atoms with van der Waals surface area (Å²) in [4.78, 5) is 0. The molecule has 2 rings (SSSR count). The van der Waals surface area contributed by atoms with Crippen LogP contribution in [0.1, 0.15) is 48.9 Å². The van der Waals surface area contributed by atoms with Gasteiger partial charge in [0.15, 0.2) is 0 Å². The molecular weight excluding hydrogens is 244 g/mol. The van der Waals surface area contributed by atoms with Crippen LogP contribution in [0.3, 0.4) is 0 Å². The van der Waals surface area contributed by atoms with Gasteiger partial charge >= 0.3 is 0 Å². The molecule has 20 heavy (non-hydrogen) atoms. The zero-order valence-electron chi connectivity index (χ0n) is 12.5. The van der Waals surface area contributed by atoms with Crippen molar-refractivity contribution in [1.29, 1.82) is 0 Å². The standard InChI is InChI=1S/C19H24O/c1-3-5-15-7-9-17(10-8-15)14-18-13-16(6-4-2)11-12-19(18)20/h7-13,20H,3-6,14H2,1-2H3. The molecule has 2 aromatic rings. The molecule has 0 unspecified atom stereocenters. The molecule has 2 aromatic carbocycles. The molecule has 0 aliphatic heterocycles. The van der Waals surface area contributed by atoms with Crippen LogP contribution in [0.4, 0.5) is 0 Å². The van der Waals surface area contributed by atoms with E-state index < -0.39 is 0 Å². The highest BCUT2D eigenvalue weighted by molar-refractivity contribution is 5.40. The van der Waals surface area contributed by atoms with Crippen LogP contribution in [-0.2, 0) is 19.3 Å². The predicted molar refractivity (Wildman–Crippen MR) is 85.3 cm³/mol. The van der Waals surface area contributed by atoms with Gasteiger partial charge in [0.2, 0.25) is 0 Å². The second-order valence-electron chi connectivity index (χ2n) is 5.46. The van der Waals surface area contributed by atoms with Gasteiger partial charge in [-0.2, -0.15) is 0 Å². The normalized spacial score (nSPS) is 10.7. The topological polar surface area (TPSA) is 20.2 Å². The Morgan fingerprint density at radius 3 is 1.95 bits per heavy atom. The van der Waals surface area contributed by atoms with Gasteiger partial charge in [0.1, 0.15) is 5.75 Å². The van der Waals surface area contributed by atoms with Gasteiger partial charge in [0, 0.05) is 6.42 Å². The van der Waals surface area contributed by atoms with Crippen LogP contribution in [0.15, 0.2) is 42.5 Å². The Hall–Kier alpha value is -1.76. The first-order chi connectivity index (χ1) is 9.72. The number of phenolic OH excluding ortho intramolecular Hbond substituents is 1. The SMILES string of the molecule is CCCc1ccc(Cc2cc(CCC)ccc2O)cc1. The first-order valence-electron chi connectivity index (χ1n) is 7.61. The van der Waals surface area contributed by atoms with Crippen LogP contribution in [-0.4, -0.2) is 5.11 Å². The summed E-state index contributed by atoms with van der Waals surface area (Å²) in [6, 6.07) is 14.7. The maximum Gasteiger partial charge on any atom is 0.119 e. The third-order valence-corrected chi connectivity index (χ3v) is 3.64. The molecule has 0 amide bonds. The van der Waals surface area contributed by atoms with Crippen LogP contribution in [0, 0.1) is 0 Å². The van der Waals surface area contributed by atoms with Crippen molar-refractivity contribution in [3.8, 4) is 5.75 Å². The van der Waals surface area contributed by atoms with Gasteiger partial charge in [0.05, 0.1) is 0 Å². The molecule has 0 aliphatic rings. The Morgan fingerprint density at radius 2 is 1.30 bits per heavy atom. The maximum atomic E-state index is 10.0. The average molecular weight is 268 g/mol. The Bertz CT molecular complexity index is 540. The molecule has 0 heterocycles. The smallest absolute Gasteiger partial charge is 0.119 e. The summed E-state index contributed by atoms with van der Waals surface area (Å²) >= 11 is 0. The van der Waals surface area contributed by atoms with Crippen LogP contribution >= 0.6 is 0 Å². The lowest BCUT2D eigenvalue weighted by Crippen LogP contribution is -1.93. The molecule has 1 N–H and O–H groups in total. The van der Waals surface area contributed by atoms with Crippen molar-refractivity contribution < 1.29 is 5.11 Å². The Kier molecular flexibility index (Phi) is 5.23. The van der Waals surface area contributed by atoms with Crippen LogP contribution in [0.25, 0.3) is 0 Å². The van der Waals surface area contributed by atoms with Gasteiger partial charge in [-0.1, -0.05) is 63.1 Å². The third-order valence-electron chi connectivity index (χ3n) is 3.64. The van der Waals surface area contributed by atoms with E-state index >= 15 is 0 Å². The van der Waals surface area contributed by atoms with E-state index in [1.807, 2.05) is 12.1 Å². The van der Waals surface area contributed by atoms with Gasteiger partial charge in [-0.25, -0.2) is 0 Å². The summed E-state index contributed by atoms with van der Waals surface area (Å²) in [6.45, 7) is 4.38. The number of hydrogen-bond acceptors (Lipinski definition) is 1. The fraction of sp³-hybridized carbons (Fsp3) is 0.368. The van der Waals surface area contributed by atoms with Crippen LogP contribution in [0.5, 0.6) is 5.75 Å². The van der Waals surface area contributed by atoms with Gasteiger partial charge < -0.3 is 5.11 Å². The molecule has 1 heteroatoms. The van der Waals surface area contributed by atoms with Crippen molar-refractivity contribution in [3.05, 3.63) is 64.7 Å². The van der Waals surface area contributed by atoms with Crippen LogP contribution < -0.4 is 0 Å². The third kappa shape index (κ3) is 3.86. The van der Waals surface area contributed by atoms with Crippen molar-refractivity contribution in [3.63, 3.8) is 0 Å². The lowest BCUT2D eigenvalue weighted by atomic mass is 9.99. The van der Waals surface area contributed by atoms with Gasteiger partial charge in [-0.3, -0.25) is 0 Å². The van der Waals surface area contributed by atoms with E-state index in [1.165, 1.54) is 23.1 Å². The largest absolute Gasteiger partial charge is 0.508 e. The number of aromatic hydroxyl groups is 1. The van der Waals surface area contributed by atoms with E-state index in [1.54, 1.807) is 0 Å². The maximum absolute atomic E-state index is 10.0. The van der Waals surface area contributed by atoms with Crippen molar-refractivity contribution in [2.24, 2.45) is 0 Å². The highest BCUT2D eigenvalue weighted by Gasteiger charge is 2.04. The molecule has 0 aromatic heterocycles. The van der Waals surface area contributed by atoms with E-state index in [9.17, 15) is 5.11 Å². The molecule has 0 radical (unpaired) electrons. The van der Waals surface area contributed by atoms with Crippen molar-refractivity contribution in [2.45, 2.75) is 46.0 Å². The Labute approximate surface area is 122 Å². The zero-order chi connectivity index (χ0) is 14.4. The summed E-state index contributed by atoms with van der Waals surface area (Å²) < 4.78 is 0. The van der Waals surface area contributed by atoms with Gasteiger partial charge in [-0.05, 0) is 41.2 Å². The molecule has 1 nitrogen and oxygen atoms in total. The first-order valence-corrected chi connectivity index (χ1v) is 7.61. The average Bonchev–Trinajstić information content (AvgIpc) is 2.45. The molecule has 106 valence electrons. The zero-order valence-corrected chi connectivity index (χ0v) is 12.5. The number of benzene rings is 2. The second-order valence-corrected chi connectivity index (χ2v) is 5.46. The Morgan fingerprint density at radius 1 is 0.750 bits per heavy atom. The monoisotopic (exact) mass is 268 g/mol. The van der Waals surface area contributed by atoms with E-state index in [2.05, 4.69) is 44.2 Å². The fourth-order valence-electron chi connectivity index (χ4n) is 2.56. The van der Waals surface area contributed by atoms with E-state index in [0.29, 0.717) is 5.75 Å². The molecule has 0 fully saturated rings. The van der Waals surface area contributed by atoms with E-state index in [-0.39, 0.29) is 0 Å². The van der Waals surface area contributed by atoms with Crippen molar-refractivity contribution in [1.82, 2.24) is 0 Å². The number of phenols is 1. The summed E-state index contributed by atoms with van der Waals surface area (Å²) in [5.41, 5.74) is 4.98. The van der Waals surface area contributed by atoms with Crippen molar-refractivity contribution >= 4 is 0 Å². The van der Waals surface area contributed by atoms with Gasteiger partial charge in [0.25, 0.3) is 0 Å². The minimum absolute atomic E-state index is 0.405. The number of aryl methyl sites for hydroxylation is 2. The highest BCUT2D eigenvalue weighted by Crippen LogP contribution is 2.23. The summed E-state index contributed by atoms with van der Waals surface area (Å²) in [5, 5.41) is 10.0. The summed E-state index contributed by atoms with van der Waals surface area (Å²) in [5.74, 6) is 0.405. The molecule has 0 aliphatic carbocycles. The summed E-state index contributed by atoms with van der Waals surface area (Å²) in [6.07, 6.45) is 5.32. The summed E-state index contributed by atoms with van der Waals surface area (Å²) in [7, 11) is 0. The number of hydrogen-bond donors (Lipinski definition) is 1. The minimum Gasteiger partial charge on any atom is -0.508 e. The molecule has 0 bridgehead atoms. The fourth-order valence-corrected chi connectivity index (χ4v) is 2.56. The van der Waals surface area contributed by atoms with Crippen LogP contribution in [0.2, 0.25) is 0 Å². The highest BCUT2D eigenvalue weighted by atomic mass is 16.3. The van der Waals surface area contributed by atoms with E-state index in [4.69, 9.17) is 0 Å². The molecular formula is C19H24O. The van der Waals surface area contributed by atoms with Gasteiger partial charge in [-0.15, -0.1) is 0 Å². The minimum atomic E-state index is 0.405. The lowest BCUT2D eigenvalue weighted by Gasteiger charge is -2.08. The van der Waals surface area contributed by atoms with Crippen molar-refractivity contribution in [2.75, 3.05) is 0 Å². The number of rotatable bonds is 6. The second kappa shape index (κ2) is 7.14. The quantitative estimate of drug-likeness (QED) is 0.791. The predicted octanol–water partition coefficient (Wildman–Crippen LogP) is 4.89. The Balaban J connectivity index is 2.14.